The Labute approximate surface area is 122 Å². The molecule has 1 aromatic carbocycles. The van der Waals surface area contributed by atoms with E-state index in [9.17, 15) is 19.5 Å². The first kappa shape index (κ1) is 13.8. The van der Waals surface area contributed by atoms with Gasteiger partial charge in [-0.2, -0.15) is 0 Å². The Morgan fingerprint density at radius 1 is 1.14 bits per heavy atom. The van der Waals surface area contributed by atoms with Gasteiger partial charge in [0.05, 0.1) is 23.1 Å². The van der Waals surface area contributed by atoms with Crippen molar-refractivity contribution < 1.29 is 19.5 Å². The van der Waals surface area contributed by atoms with Gasteiger partial charge in [0.1, 0.15) is 0 Å². The Morgan fingerprint density at radius 2 is 1.71 bits per heavy atom. The zero-order valence-corrected chi connectivity index (χ0v) is 11.8. The maximum Gasteiger partial charge on any atom is 0.337 e. The van der Waals surface area contributed by atoms with Crippen molar-refractivity contribution in [2.75, 3.05) is 4.90 Å². The Bertz CT molecular complexity index is 613. The summed E-state index contributed by atoms with van der Waals surface area (Å²) in [6, 6.07) is 4.79. The molecule has 5 nitrogen and oxygen atoms in total. The lowest BCUT2D eigenvalue weighted by Gasteiger charge is -2.19. The SMILES string of the molecule is Cc1cccc(C(=O)O)c1N1C(=O)C2CCCCC2C1=O. The van der Waals surface area contributed by atoms with E-state index in [4.69, 9.17) is 0 Å². The number of rotatable bonds is 2. The molecule has 0 radical (unpaired) electrons. The lowest BCUT2D eigenvalue weighted by Crippen LogP contribution is -2.33. The van der Waals surface area contributed by atoms with Gasteiger partial charge in [-0.1, -0.05) is 25.0 Å². The van der Waals surface area contributed by atoms with Crippen molar-refractivity contribution in [3.63, 3.8) is 0 Å². The van der Waals surface area contributed by atoms with Crippen LogP contribution in [-0.4, -0.2) is 22.9 Å². The molecule has 1 saturated heterocycles. The molecule has 0 aromatic heterocycles. The number of carbonyl (C=O) groups excluding carboxylic acids is 2. The highest BCUT2D eigenvalue weighted by Crippen LogP contribution is 2.41. The fourth-order valence-electron chi connectivity index (χ4n) is 3.51. The van der Waals surface area contributed by atoms with Gasteiger partial charge in [-0.15, -0.1) is 0 Å². The minimum Gasteiger partial charge on any atom is -0.478 e. The molecule has 1 heterocycles. The van der Waals surface area contributed by atoms with Crippen LogP contribution in [0.5, 0.6) is 0 Å². The predicted octanol–water partition coefficient (Wildman–Crippen LogP) is 2.37. The molecule has 2 unspecified atom stereocenters. The van der Waals surface area contributed by atoms with Crippen LogP contribution in [0.15, 0.2) is 18.2 Å². The number of nitrogens with zero attached hydrogens (tertiary/aromatic N) is 1. The van der Waals surface area contributed by atoms with Crippen molar-refractivity contribution >= 4 is 23.5 Å². The summed E-state index contributed by atoms with van der Waals surface area (Å²) in [6.07, 6.45) is 3.35. The molecule has 1 aliphatic carbocycles. The van der Waals surface area contributed by atoms with E-state index < -0.39 is 5.97 Å². The van der Waals surface area contributed by atoms with Crippen LogP contribution >= 0.6 is 0 Å². The summed E-state index contributed by atoms with van der Waals surface area (Å²) in [6.45, 7) is 1.73. The standard InChI is InChI=1S/C16H17NO4/c1-9-5-4-8-12(16(20)21)13(9)17-14(18)10-6-2-3-7-11(10)15(17)19/h4-5,8,10-11H,2-3,6-7H2,1H3,(H,20,21). The maximum absolute atomic E-state index is 12.6. The van der Waals surface area contributed by atoms with Crippen molar-refractivity contribution in [3.8, 4) is 0 Å². The topological polar surface area (TPSA) is 74.7 Å². The average Bonchev–Trinajstić information content (AvgIpc) is 2.72. The van der Waals surface area contributed by atoms with Crippen LogP contribution in [0.1, 0.15) is 41.6 Å². The van der Waals surface area contributed by atoms with Crippen molar-refractivity contribution in [2.45, 2.75) is 32.6 Å². The molecule has 2 amide bonds. The second-order valence-electron chi connectivity index (χ2n) is 5.79. The summed E-state index contributed by atoms with van der Waals surface area (Å²) in [4.78, 5) is 37.7. The molecule has 110 valence electrons. The molecule has 0 bridgehead atoms. The molecule has 1 saturated carbocycles. The van der Waals surface area contributed by atoms with Gasteiger partial charge < -0.3 is 5.11 Å². The summed E-state index contributed by atoms with van der Waals surface area (Å²) in [5.41, 5.74) is 0.889. The largest absolute Gasteiger partial charge is 0.478 e. The number of anilines is 1. The third kappa shape index (κ3) is 2.04. The first-order valence-electron chi connectivity index (χ1n) is 7.23. The maximum atomic E-state index is 12.6. The van der Waals surface area contributed by atoms with Crippen molar-refractivity contribution in [1.82, 2.24) is 0 Å². The van der Waals surface area contributed by atoms with Gasteiger partial charge >= 0.3 is 5.97 Å². The fourth-order valence-corrected chi connectivity index (χ4v) is 3.51. The predicted molar refractivity (Wildman–Crippen MR) is 76.1 cm³/mol. The van der Waals surface area contributed by atoms with E-state index in [2.05, 4.69) is 0 Å². The van der Waals surface area contributed by atoms with Crippen LogP contribution in [0.25, 0.3) is 0 Å². The van der Waals surface area contributed by atoms with Gasteiger partial charge in [0.25, 0.3) is 0 Å². The number of hydrogen-bond acceptors (Lipinski definition) is 3. The molecule has 0 spiro atoms. The van der Waals surface area contributed by atoms with Crippen molar-refractivity contribution in [2.24, 2.45) is 11.8 Å². The molecule has 3 rings (SSSR count). The van der Waals surface area contributed by atoms with Gasteiger partial charge in [-0.05, 0) is 31.4 Å². The molecule has 21 heavy (non-hydrogen) atoms. The number of imide groups is 1. The third-order valence-electron chi connectivity index (χ3n) is 4.53. The van der Waals surface area contributed by atoms with Gasteiger partial charge in [-0.3, -0.25) is 9.59 Å². The smallest absolute Gasteiger partial charge is 0.337 e. The van der Waals surface area contributed by atoms with E-state index in [-0.39, 0.29) is 34.9 Å². The Hall–Kier alpha value is -2.17. The zero-order valence-electron chi connectivity index (χ0n) is 11.8. The molecule has 1 aliphatic heterocycles. The van der Waals surface area contributed by atoms with Gasteiger partial charge in [0.15, 0.2) is 0 Å². The number of amides is 2. The first-order valence-corrected chi connectivity index (χ1v) is 7.23. The summed E-state index contributed by atoms with van der Waals surface area (Å²) >= 11 is 0. The highest BCUT2D eigenvalue weighted by atomic mass is 16.4. The van der Waals surface area contributed by atoms with Crippen LogP contribution in [0.4, 0.5) is 5.69 Å². The van der Waals surface area contributed by atoms with E-state index in [1.54, 1.807) is 19.1 Å². The first-order chi connectivity index (χ1) is 10.0. The van der Waals surface area contributed by atoms with E-state index in [1.165, 1.54) is 6.07 Å². The quantitative estimate of drug-likeness (QED) is 0.847. The summed E-state index contributed by atoms with van der Waals surface area (Å²) in [7, 11) is 0. The minimum absolute atomic E-state index is 0.00958. The molecular formula is C16H17NO4. The summed E-state index contributed by atoms with van der Waals surface area (Å²) < 4.78 is 0. The zero-order chi connectivity index (χ0) is 15.1. The second-order valence-corrected chi connectivity index (χ2v) is 5.79. The van der Waals surface area contributed by atoms with Gasteiger partial charge in [0, 0.05) is 0 Å². The van der Waals surface area contributed by atoms with Crippen LogP contribution in [0, 0.1) is 18.8 Å². The number of carboxylic acids is 1. The normalized spacial score (nSPS) is 25.1. The molecule has 1 aromatic rings. The molecular weight excluding hydrogens is 270 g/mol. The molecule has 2 fully saturated rings. The Balaban J connectivity index is 2.11. The van der Waals surface area contributed by atoms with Crippen LogP contribution in [-0.2, 0) is 9.59 Å². The van der Waals surface area contributed by atoms with Crippen LogP contribution in [0.3, 0.4) is 0 Å². The lowest BCUT2D eigenvalue weighted by atomic mass is 9.81. The highest BCUT2D eigenvalue weighted by Gasteiger charge is 2.49. The number of fused-ring (bicyclic) bond motifs is 1. The van der Waals surface area contributed by atoms with E-state index >= 15 is 0 Å². The molecule has 1 N–H and O–H groups in total. The number of carbonyl (C=O) groups is 3. The van der Waals surface area contributed by atoms with Crippen molar-refractivity contribution in [3.05, 3.63) is 29.3 Å². The number of aromatic carboxylic acids is 1. The van der Waals surface area contributed by atoms with Gasteiger partial charge in [-0.25, -0.2) is 9.69 Å². The van der Waals surface area contributed by atoms with Crippen molar-refractivity contribution in [1.29, 1.82) is 0 Å². The minimum atomic E-state index is -1.12. The Kier molecular flexibility index (Phi) is 3.27. The number of aryl methyl sites for hydroxylation is 1. The molecule has 5 heteroatoms. The molecule has 2 atom stereocenters. The highest BCUT2D eigenvalue weighted by molar-refractivity contribution is 6.24. The monoisotopic (exact) mass is 287 g/mol. The van der Waals surface area contributed by atoms with E-state index in [0.29, 0.717) is 5.56 Å². The Morgan fingerprint density at radius 3 is 2.24 bits per heavy atom. The van der Waals surface area contributed by atoms with E-state index in [0.717, 1.165) is 30.6 Å². The summed E-state index contributed by atoms with van der Waals surface area (Å²) in [5.74, 6) is -2.13. The molecule has 2 aliphatic rings. The van der Waals surface area contributed by atoms with Gasteiger partial charge in [0.2, 0.25) is 11.8 Å². The number of para-hydroxylation sites is 1. The van der Waals surface area contributed by atoms with E-state index in [1.807, 2.05) is 0 Å². The number of carboxylic acid groups (broad SMARTS) is 1. The number of benzene rings is 1. The second kappa shape index (κ2) is 4.98. The fraction of sp³-hybridized carbons (Fsp3) is 0.438. The number of hydrogen-bond donors (Lipinski definition) is 1. The lowest BCUT2D eigenvalue weighted by molar-refractivity contribution is -0.122. The van der Waals surface area contributed by atoms with Crippen LogP contribution < -0.4 is 4.90 Å². The average molecular weight is 287 g/mol. The third-order valence-corrected chi connectivity index (χ3v) is 4.53. The van der Waals surface area contributed by atoms with Crippen LogP contribution in [0.2, 0.25) is 0 Å². The summed E-state index contributed by atoms with van der Waals surface area (Å²) in [5, 5.41) is 9.33.